The average molecular weight is 485 g/mol. The summed E-state index contributed by atoms with van der Waals surface area (Å²) in [5.41, 5.74) is -1.41. The minimum atomic E-state index is -4.92. The lowest BCUT2D eigenvalue weighted by Crippen LogP contribution is -2.50. The van der Waals surface area contributed by atoms with Crippen LogP contribution in [-0.2, 0) is 22.2 Å². The van der Waals surface area contributed by atoms with Crippen molar-refractivity contribution in [3.63, 3.8) is 0 Å². The zero-order chi connectivity index (χ0) is 24.1. The molecular weight excluding hydrogens is 467 g/mol. The summed E-state index contributed by atoms with van der Waals surface area (Å²) >= 11 is 0. The molecule has 0 atom stereocenters. The molecule has 0 amide bonds. The lowest BCUT2D eigenvalue weighted by molar-refractivity contribution is -0.145. The van der Waals surface area contributed by atoms with Gasteiger partial charge in [-0.25, -0.2) is 22.8 Å². The van der Waals surface area contributed by atoms with Gasteiger partial charge >= 0.3 is 12.4 Å². The summed E-state index contributed by atoms with van der Waals surface area (Å²) in [5.74, 6) is -3.28. The second-order valence-corrected chi connectivity index (χ2v) is 10.6. The summed E-state index contributed by atoms with van der Waals surface area (Å²) in [6, 6.07) is 1.99. The lowest BCUT2D eigenvalue weighted by Gasteiger charge is -2.45. The number of sulfone groups is 1. The third kappa shape index (κ3) is 4.66. The van der Waals surface area contributed by atoms with Gasteiger partial charge in [0.15, 0.2) is 9.84 Å². The highest BCUT2D eigenvalue weighted by molar-refractivity contribution is 7.92. The van der Waals surface area contributed by atoms with E-state index in [-0.39, 0.29) is 24.7 Å². The summed E-state index contributed by atoms with van der Waals surface area (Å²) in [4.78, 5) is 5.74. The van der Waals surface area contributed by atoms with Gasteiger partial charge in [0.1, 0.15) is 11.6 Å². The van der Waals surface area contributed by atoms with E-state index in [1.54, 1.807) is 0 Å². The Labute approximate surface area is 179 Å². The molecular formula is C19H18F7N3O2S. The highest BCUT2D eigenvalue weighted by Gasteiger charge is 2.49. The normalized spacial score (nSPS) is 20.0. The fraction of sp³-hybridized carbons (Fsp3) is 0.474. The maximum atomic E-state index is 13.7. The molecule has 0 saturated heterocycles. The summed E-state index contributed by atoms with van der Waals surface area (Å²) in [6.07, 6.45) is -8.30. The number of hydrogen-bond acceptors (Lipinski definition) is 5. The molecule has 0 aliphatic heterocycles. The maximum absolute atomic E-state index is 13.7. The molecule has 176 valence electrons. The third-order valence-corrected chi connectivity index (χ3v) is 8.16. The van der Waals surface area contributed by atoms with Crippen molar-refractivity contribution in [3.8, 4) is 0 Å². The van der Waals surface area contributed by atoms with Gasteiger partial charge in [-0.1, -0.05) is 0 Å². The predicted octanol–water partition coefficient (Wildman–Crippen LogP) is 5.10. The SMILES string of the molecule is CC(C)(C1CC(Nc2ccnc(C(F)(F)F)n2)C1)S(=O)(=O)c1cc(F)cc(C(F)(F)F)c1. The Kier molecular flexibility index (Phi) is 5.94. The van der Waals surface area contributed by atoms with Crippen molar-refractivity contribution < 1.29 is 39.2 Å². The van der Waals surface area contributed by atoms with Crippen LogP contribution >= 0.6 is 0 Å². The molecule has 13 heteroatoms. The number of nitrogens with zero attached hydrogens (tertiary/aromatic N) is 2. The fourth-order valence-electron chi connectivity index (χ4n) is 3.49. The van der Waals surface area contributed by atoms with E-state index in [0.29, 0.717) is 12.1 Å². The monoisotopic (exact) mass is 485 g/mol. The van der Waals surface area contributed by atoms with Gasteiger partial charge in [0.25, 0.3) is 0 Å². The molecule has 1 aromatic heterocycles. The van der Waals surface area contributed by atoms with Crippen LogP contribution < -0.4 is 5.32 Å². The van der Waals surface area contributed by atoms with Gasteiger partial charge in [-0.05, 0) is 56.9 Å². The Morgan fingerprint density at radius 3 is 2.19 bits per heavy atom. The Bertz CT molecular complexity index is 1110. The van der Waals surface area contributed by atoms with Crippen molar-refractivity contribution in [2.24, 2.45) is 5.92 Å². The molecule has 0 radical (unpaired) electrons. The zero-order valence-electron chi connectivity index (χ0n) is 16.7. The third-order valence-electron chi connectivity index (χ3n) is 5.58. The number of hydrogen-bond donors (Lipinski definition) is 1. The van der Waals surface area contributed by atoms with Gasteiger partial charge in [-0.3, -0.25) is 0 Å². The van der Waals surface area contributed by atoms with E-state index in [0.717, 1.165) is 6.20 Å². The first-order chi connectivity index (χ1) is 14.5. The minimum Gasteiger partial charge on any atom is -0.367 e. The van der Waals surface area contributed by atoms with Crippen LogP contribution in [0.4, 0.5) is 36.6 Å². The molecule has 0 unspecified atom stereocenters. The van der Waals surface area contributed by atoms with Gasteiger partial charge < -0.3 is 5.32 Å². The van der Waals surface area contributed by atoms with Gasteiger partial charge in [0.2, 0.25) is 5.82 Å². The topological polar surface area (TPSA) is 72.0 Å². The lowest BCUT2D eigenvalue weighted by atomic mass is 9.73. The largest absolute Gasteiger partial charge is 0.451 e. The van der Waals surface area contributed by atoms with Crippen LogP contribution in [-0.4, -0.2) is 29.2 Å². The molecule has 32 heavy (non-hydrogen) atoms. The molecule has 2 aromatic rings. The van der Waals surface area contributed by atoms with Crippen LogP contribution in [0.15, 0.2) is 35.4 Å². The Morgan fingerprint density at radius 2 is 1.62 bits per heavy atom. The first-order valence-corrected chi connectivity index (χ1v) is 10.8. The summed E-state index contributed by atoms with van der Waals surface area (Å²) < 4.78 is 115. The van der Waals surface area contributed by atoms with Gasteiger partial charge in [0.05, 0.1) is 15.2 Å². The van der Waals surface area contributed by atoms with Crippen molar-refractivity contribution >= 4 is 15.7 Å². The average Bonchev–Trinajstić information content (AvgIpc) is 2.62. The van der Waals surface area contributed by atoms with E-state index in [1.807, 2.05) is 0 Å². The van der Waals surface area contributed by atoms with E-state index in [2.05, 4.69) is 15.3 Å². The minimum absolute atomic E-state index is 0.0867. The van der Waals surface area contributed by atoms with E-state index >= 15 is 0 Å². The molecule has 1 aliphatic carbocycles. The van der Waals surface area contributed by atoms with Crippen molar-refractivity contribution in [1.82, 2.24) is 9.97 Å². The molecule has 3 rings (SSSR count). The van der Waals surface area contributed by atoms with Crippen LogP contribution in [0.5, 0.6) is 0 Å². The summed E-state index contributed by atoms with van der Waals surface area (Å²) in [7, 11) is -4.37. The zero-order valence-corrected chi connectivity index (χ0v) is 17.5. The van der Waals surface area contributed by atoms with Crippen LogP contribution in [0.1, 0.15) is 38.1 Å². The molecule has 1 aromatic carbocycles. The van der Waals surface area contributed by atoms with Crippen LogP contribution in [0.25, 0.3) is 0 Å². The molecule has 5 nitrogen and oxygen atoms in total. The quantitative estimate of drug-likeness (QED) is 0.597. The molecule has 1 N–H and O–H groups in total. The number of halogens is 7. The van der Waals surface area contributed by atoms with Crippen LogP contribution in [0.2, 0.25) is 0 Å². The Morgan fingerprint density at radius 1 is 1.00 bits per heavy atom. The van der Waals surface area contributed by atoms with E-state index < -0.39 is 61.0 Å². The highest BCUT2D eigenvalue weighted by Crippen LogP contribution is 2.45. The van der Waals surface area contributed by atoms with Crippen molar-refractivity contribution in [1.29, 1.82) is 0 Å². The summed E-state index contributed by atoms with van der Waals surface area (Å²) in [5, 5.41) is 2.77. The molecule has 0 spiro atoms. The van der Waals surface area contributed by atoms with Crippen LogP contribution in [0, 0.1) is 11.7 Å². The number of benzene rings is 1. The summed E-state index contributed by atoms with van der Waals surface area (Å²) in [6.45, 7) is 2.65. The number of rotatable bonds is 5. The van der Waals surface area contributed by atoms with Gasteiger partial charge in [0, 0.05) is 12.2 Å². The highest BCUT2D eigenvalue weighted by atomic mass is 32.2. The van der Waals surface area contributed by atoms with Gasteiger partial charge in [-0.15, -0.1) is 0 Å². The van der Waals surface area contributed by atoms with Crippen molar-refractivity contribution in [3.05, 3.63) is 47.7 Å². The smallest absolute Gasteiger partial charge is 0.367 e. The first kappa shape index (κ1) is 24.2. The fourth-order valence-corrected chi connectivity index (χ4v) is 5.28. The van der Waals surface area contributed by atoms with Gasteiger partial charge in [-0.2, -0.15) is 26.3 Å². The maximum Gasteiger partial charge on any atom is 0.451 e. The standard InChI is InChI=1S/C19H18F7N3O2S/c1-17(2,32(30,31)14-8-11(18(21,22)23)5-12(20)9-14)10-6-13(7-10)28-15-3-4-27-16(29-15)19(24,25)26/h3-5,8-10,13H,6-7H2,1-2H3,(H,27,28,29). The van der Waals surface area contributed by atoms with E-state index in [9.17, 15) is 39.2 Å². The molecule has 1 fully saturated rings. The number of alkyl halides is 6. The number of nitrogens with one attached hydrogen (secondary N) is 1. The second kappa shape index (κ2) is 7.85. The van der Waals surface area contributed by atoms with Crippen molar-refractivity contribution in [2.75, 3.05) is 5.32 Å². The van der Waals surface area contributed by atoms with Crippen molar-refractivity contribution in [2.45, 2.75) is 54.7 Å². The van der Waals surface area contributed by atoms with Crippen LogP contribution in [0.3, 0.4) is 0 Å². The Balaban J connectivity index is 1.76. The van der Waals surface area contributed by atoms with E-state index in [4.69, 9.17) is 0 Å². The number of anilines is 1. The molecule has 1 saturated carbocycles. The van der Waals surface area contributed by atoms with E-state index in [1.165, 1.54) is 19.9 Å². The molecule has 0 bridgehead atoms. The Hall–Kier alpha value is -2.44. The molecule has 1 heterocycles. The number of aromatic nitrogens is 2. The molecule has 1 aliphatic rings. The first-order valence-electron chi connectivity index (χ1n) is 9.31. The second-order valence-electron chi connectivity index (χ2n) is 8.05. The predicted molar refractivity (Wildman–Crippen MR) is 99.8 cm³/mol.